The fraction of sp³-hybridized carbons (Fsp3) is 0. The Morgan fingerprint density at radius 1 is 0.263 bits per heavy atom. The van der Waals surface area contributed by atoms with E-state index in [1.807, 2.05) is 58.3 Å². The fourth-order valence-electron chi connectivity index (χ4n) is 16.7. The first-order valence-corrected chi connectivity index (χ1v) is 37.2. The molecule has 0 saturated heterocycles. The van der Waals surface area contributed by atoms with Gasteiger partial charge in [0.2, 0.25) is 0 Å². The monoisotopic (exact) mass is 1350 g/mol. The van der Waals surface area contributed by atoms with Gasteiger partial charge in [0.15, 0.2) is 15.8 Å². The van der Waals surface area contributed by atoms with Crippen LogP contribution in [0.15, 0.2) is 271 Å². The Bertz CT molecular complexity index is 7670. The van der Waals surface area contributed by atoms with E-state index < -0.39 is 0 Å². The SMILES string of the molecule is c1ccc2cc3c(cc2c1)c1cc2sc4c(-c5ccc6c7c8ccccc8c8c9cc(-c%10cccc%11c%12c%13sc%14ccccc%14c%13c%13ccccc%13c%12n(-c%12nc%13ccccc%13s%12)c%10%11)ccc9sc8c7n(-c7nc8ccccc8s7)c6c5)cccc4c2cc1n3-c1nc2ccccc2o1. The molecule has 0 amide bonds. The van der Waals surface area contributed by atoms with Crippen LogP contribution >= 0.6 is 56.7 Å². The molecule has 0 fully saturated rings. The number of benzene rings is 15. The second-order valence-electron chi connectivity index (χ2n) is 26.1. The summed E-state index contributed by atoms with van der Waals surface area (Å²) in [6.45, 7) is 0. The number of fused-ring (bicyclic) bond motifs is 30. The minimum Gasteiger partial charge on any atom is -0.423 e. The molecule has 0 aliphatic heterocycles. The van der Waals surface area contributed by atoms with Crippen LogP contribution in [-0.2, 0) is 0 Å². The van der Waals surface area contributed by atoms with Crippen molar-refractivity contribution >= 4 is 246 Å². The van der Waals surface area contributed by atoms with E-state index >= 15 is 0 Å². The molecule has 0 bridgehead atoms. The minimum absolute atomic E-state index is 0.562. The van der Waals surface area contributed by atoms with Crippen molar-refractivity contribution in [1.29, 1.82) is 0 Å². The van der Waals surface area contributed by atoms with Gasteiger partial charge < -0.3 is 4.42 Å². The standard InChI is InChI=1S/C87H44N6OS5/c1-2-18-46-41-67-59(39-45(46)17-1)60-44-74-61(43-68(60)91(67)85-88-63-28-8-11-31-69(63)94-85)55-26-16-25-50(82(55)97-74)48-35-37-56-66(42-48)92(86-89-64-29-9-13-33-72(64)98-86)81-75(56)51-19-3-4-20-52(51)77-62-40-47(36-38-71(62)96-84(77)81)49-24-15-27-58-78-80(93(79(49)58)87-90-65-30-10-14-34-73(65)99-87)54-22-6-5-21-53(54)76-57-23-7-12-32-70(57)95-83(76)78/h1-44H. The maximum atomic E-state index is 6.62. The predicted octanol–water partition coefficient (Wildman–Crippen LogP) is 26.2. The summed E-state index contributed by atoms with van der Waals surface area (Å²) in [5.74, 6) is 0. The number of thiazole rings is 2. The average molecular weight is 1350 g/mol. The molecular formula is C87H44N6OS5. The van der Waals surface area contributed by atoms with Gasteiger partial charge >= 0.3 is 6.01 Å². The molecule has 0 aliphatic rings. The Hall–Kier alpha value is -11.6. The molecule has 24 rings (SSSR count). The van der Waals surface area contributed by atoms with Crippen molar-refractivity contribution in [3.8, 4) is 38.5 Å². The normalized spacial score (nSPS) is 12.6. The third kappa shape index (κ3) is 7.25. The second kappa shape index (κ2) is 19.6. The van der Waals surface area contributed by atoms with E-state index in [1.165, 1.54) is 152 Å². The molecule has 0 radical (unpaired) electrons. The topological polar surface area (TPSA) is 66.6 Å². The molecule has 24 aromatic rings. The Balaban J connectivity index is 0.749. The number of aromatic nitrogens is 6. The molecule has 12 heteroatoms. The van der Waals surface area contributed by atoms with Gasteiger partial charge in [-0.05, 0) is 129 Å². The molecule has 9 aromatic heterocycles. The Morgan fingerprint density at radius 2 is 0.828 bits per heavy atom. The highest BCUT2D eigenvalue weighted by atomic mass is 32.1. The van der Waals surface area contributed by atoms with Crippen LogP contribution in [0.4, 0.5) is 0 Å². The van der Waals surface area contributed by atoms with Crippen molar-refractivity contribution in [1.82, 2.24) is 28.7 Å². The van der Waals surface area contributed by atoms with Crippen molar-refractivity contribution < 1.29 is 4.42 Å². The summed E-state index contributed by atoms with van der Waals surface area (Å²) in [4.78, 5) is 16.1. The molecule has 0 aliphatic carbocycles. The Kier molecular flexibility index (Phi) is 10.6. The maximum Gasteiger partial charge on any atom is 0.307 e. The molecule has 15 aromatic carbocycles. The molecule has 0 N–H and O–H groups in total. The first kappa shape index (κ1) is 53.5. The zero-order valence-corrected chi connectivity index (χ0v) is 56.1. The molecule has 0 unspecified atom stereocenters. The van der Waals surface area contributed by atoms with Gasteiger partial charge in [-0.2, -0.15) is 4.98 Å². The lowest BCUT2D eigenvalue weighted by molar-refractivity contribution is 0.574. The van der Waals surface area contributed by atoms with Gasteiger partial charge in [0, 0.05) is 99.1 Å². The van der Waals surface area contributed by atoms with Crippen LogP contribution in [0.2, 0.25) is 0 Å². The van der Waals surface area contributed by atoms with Crippen LogP contribution in [0.5, 0.6) is 0 Å². The van der Waals surface area contributed by atoms with E-state index in [0.717, 1.165) is 70.3 Å². The number of hydrogen-bond acceptors (Lipinski definition) is 9. The van der Waals surface area contributed by atoms with Crippen LogP contribution in [-0.4, -0.2) is 28.7 Å². The van der Waals surface area contributed by atoms with Crippen molar-refractivity contribution in [2.45, 2.75) is 0 Å². The highest BCUT2D eigenvalue weighted by molar-refractivity contribution is 7.28. The van der Waals surface area contributed by atoms with Gasteiger partial charge in [0.05, 0.1) is 58.2 Å². The highest BCUT2D eigenvalue weighted by Gasteiger charge is 2.29. The number of thiophene rings is 3. The van der Waals surface area contributed by atoms with Crippen LogP contribution in [0.25, 0.3) is 228 Å². The largest absolute Gasteiger partial charge is 0.423 e. The lowest BCUT2D eigenvalue weighted by Crippen LogP contribution is -1.95. The lowest BCUT2D eigenvalue weighted by atomic mass is 9.96. The van der Waals surface area contributed by atoms with Crippen molar-refractivity contribution in [3.05, 3.63) is 267 Å². The molecular weight excluding hydrogens is 1310 g/mol. The van der Waals surface area contributed by atoms with Gasteiger partial charge in [-0.15, -0.1) is 34.0 Å². The van der Waals surface area contributed by atoms with Gasteiger partial charge in [-0.25, -0.2) is 9.97 Å². The summed E-state index contributed by atoms with van der Waals surface area (Å²) in [5, 5.41) is 24.0. The van der Waals surface area contributed by atoms with Crippen molar-refractivity contribution in [2.75, 3.05) is 0 Å². The zero-order chi connectivity index (χ0) is 64.0. The van der Waals surface area contributed by atoms with Crippen LogP contribution in [0.1, 0.15) is 0 Å². The van der Waals surface area contributed by atoms with Gasteiger partial charge in [-0.3, -0.25) is 13.7 Å². The molecule has 7 nitrogen and oxygen atoms in total. The Morgan fingerprint density at radius 3 is 1.62 bits per heavy atom. The molecule has 0 spiro atoms. The molecule has 0 saturated carbocycles. The number of para-hydroxylation sites is 5. The van der Waals surface area contributed by atoms with Crippen molar-refractivity contribution in [2.24, 2.45) is 0 Å². The average Bonchev–Trinajstić information content (AvgIpc) is 1.54. The summed E-state index contributed by atoms with van der Waals surface area (Å²) >= 11 is 9.20. The number of rotatable bonds is 5. The quantitative estimate of drug-likeness (QED) is 0.172. The summed E-state index contributed by atoms with van der Waals surface area (Å²) < 4.78 is 23.8. The molecule has 99 heavy (non-hydrogen) atoms. The van der Waals surface area contributed by atoms with Gasteiger partial charge in [0.1, 0.15) is 5.52 Å². The van der Waals surface area contributed by atoms with Crippen LogP contribution in [0, 0.1) is 0 Å². The smallest absolute Gasteiger partial charge is 0.307 e. The van der Waals surface area contributed by atoms with Crippen LogP contribution in [0.3, 0.4) is 0 Å². The highest BCUT2D eigenvalue weighted by Crippen LogP contribution is 2.54. The van der Waals surface area contributed by atoms with Gasteiger partial charge in [0.25, 0.3) is 0 Å². The summed E-state index contributed by atoms with van der Waals surface area (Å²) in [6, 6.07) is 99.1. The van der Waals surface area contributed by atoms with E-state index in [0.29, 0.717) is 6.01 Å². The molecule has 0 atom stereocenters. The van der Waals surface area contributed by atoms with Crippen LogP contribution < -0.4 is 0 Å². The van der Waals surface area contributed by atoms with E-state index in [2.05, 4.69) is 256 Å². The van der Waals surface area contributed by atoms with E-state index in [1.54, 1.807) is 22.7 Å². The maximum absolute atomic E-state index is 6.62. The fourth-order valence-corrected chi connectivity index (χ4v) is 22.4. The first-order valence-electron chi connectivity index (χ1n) is 33.1. The number of nitrogens with zero attached hydrogens (tertiary/aromatic N) is 6. The molecule has 9 heterocycles. The third-order valence-electron chi connectivity index (χ3n) is 20.9. The van der Waals surface area contributed by atoms with Gasteiger partial charge in [-0.1, -0.05) is 205 Å². The number of oxazole rings is 1. The summed E-state index contributed by atoms with van der Waals surface area (Å²) in [7, 11) is 0. The zero-order valence-electron chi connectivity index (χ0n) is 52.0. The summed E-state index contributed by atoms with van der Waals surface area (Å²) in [5.41, 5.74) is 15.1. The summed E-state index contributed by atoms with van der Waals surface area (Å²) in [6.07, 6.45) is 0. The molecule has 458 valence electrons. The van der Waals surface area contributed by atoms with Crippen molar-refractivity contribution in [3.63, 3.8) is 0 Å². The Labute approximate surface area is 580 Å². The van der Waals surface area contributed by atoms with E-state index in [-0.39, 0.29) is 0 Å². The third-order valence-corrected chi connectivity index (χ3v) is 26.5. The minimum atomic E-state index is 0.562. The predicted molar refractivity (Wildman–Crippen MR) is 425 cm³/mol. The first-order chi connectivity index (χ1) is 49.1. The van der Waals surface area contributed by atoms with E-state index in [9.17, 15) is 0 Å². The van der Waals surface area contributed by atoms with E-state index in [4.69, 9.17) is 19.4 Å². The lowest BCUT2D eigenvalue weighted by Gasteiger charge is -2.11. The second-order valence-corrected chi connectivity index (χ2v) is 31.2. The number of hydrogen-bond donors (Lipinski definition) is 0.